The molecule has 0 atom stereocenters. The number of alkyl halides is 3. The molecule has 0 saturated heterocycles. The SMILES string of the molecule is Cn1cc2c3cc(C(=O)NCCCCCCCN=[N+]=[N-])ccc3n(-c3ccc(C(F)(F)F)cc3)c2n1. The summed E-state index contributed by atoms with van der Waals surface area (Å²) in [6.45, 7) is 1.07. The zero-order valence-corrected chi connectivity index (χ0v) is 19.8. The number of amides is 1. The molecule has 0 fully saturated rings. The maximum atomic E-state index is 13.0. The monoisotopic (exact) mass is 497 g/mol. The van der Waals surface area contributed by atoms with Gasteiger partial charge < -0.3 is 5.32 Å². The van der Waals surface area contributed by atoms with Crippen LogP contribution in [0.2, 0.25) is 0 Å². The number of unbranched alkanes of at least 4 members (excludes halogenated alkanes) is 4. The molecule has 11 heteroatoms. The van der Waals surface area contributed by atoms with Gasteiger partial charge in [0.2, 0.25) is 0 Å². The van der Waals surface area contributed by atoms with Crippen molar-refractivity contribution in [3.05, 3.63) is 70.2 Å². The maximum Gasteiger partial charge on any atom is 0.416 e. The minimum absolute atomic E-state index is 0.181. The molecule has 0 aliphatic carbocycles. The standard InChI is InChI=1S/C25H26F3N7O/c1-34-16-21-20-15-17(24(36)30-13-5-3-2-4-6-14-31-33-29)7-12-22(20)35(23(21)32-34)19-10-8-18(9-11-19)25(26,27)28/h7-12,15-16H,2-6,13-14H2,1H3,(H,30,36). The van der Waals surface area contributed by atoms with Gasteiger partial charge in [0.1, 0.15) is 0 Å². The van der Waals surface area contributed by atoms with E-state index < -0.39 is 11.7 Å². The highest BCUT2D eigenvalue weighted by Crippen LogP contribution is 2.34. The molecule has 4 aromatic rings. The quantitative estimate of drug-likeness (QED) is 0.117. The Hall–Kier alpha value is -3.98. The van der Waals surface area contributed by atoms with Gasteiger partial charge in [0.15, 0.2) is 5.65 Å². The van der Waals surface area contributed by atoms with Crippen LogP contribution in [0.1, 0.15) is 48.0 Å². The smallest absolute Gasteiger partial charge is 0.352 e. The summed E-state index contributed by atoms with van der Waals surface area (Å²) in [5, 5.41) is 12.6. The fourth-order valence-electron chi connectivity index (χ4n) is 4.28. The van der Waals surface area contributed by atoms with Crippen molar-refractivity contribution >= 4 is 27.8 Å². The lowest BCUT2D eigenvalue weighted by atomic mass is 10.1. The Bertz CT molecular complexity index is 1410. The number of aryl methyl sites for hydroxylation is 1. The average molecular weight is 498 g/mol. The molecule has 0 spiro atoms. The van der Waals surface area contributed by atoms with Gasteiger partial charge in [-0.15, -0.1) is 0 Å². The summed E-state index contributed by atoms with van der Waals surface area (Å²) >= 11 is 0. The number of nitrogens with zero attached hydrogens (tertiary/aromatic N) is 6. The number of halogens is 3. The lowest BCUT2D eigenvalue weighted by Gasteiger charge is -2.10. The summed E-state index contributed by atoms with van der Waals surface area (Å²) in [5.74, 6) is -0.181. The normalized spacial score (nSPS) is 11.7. The van der Waals surface area contributed by atoms with Gasteiger partial charge >= 0.3 is 6.18 Å². The van der Waals surface area contributed by atoms with Gasteiger partial charge in [-0.1, -0.05) is 24.4 Å². The van der Waals surface area contributed by atoms with Gasteiger partial charge in [0, 0.05) is 53.3 Å². The van der Waals surface area contributed by atoms with Crippen LogP contribution in [0.25, 0.3) is 38.1 Å². The Labute approximate surface area is 205 Å². The van der Waals surface area contributed by atoms with Crippen molar-refractivity contribution < 1.29 is 18.0 Å². The summed E-state index contributed by atoms with van der Waals surface area (Å²) in [6, 6.07) is 10.3. The van der Waals surface area contributed by atoms with Gasteiger partial charge in [-0.3, -0.25) is 14.0 Å². The largest absolute Gasteiger partial charge is 0.416 e. The Balaban J connectivity index is 1.50. The first-order chi connectivity index (χ1) is 17.3. The molecule has 8 nitrogen and oxygen atoms in total. The Morgan fingerprint density at radius 1 is 1.06 bits per heavy atom. The first-order valence-electron chi connectivity index (χ1n) is 11.7. The molecule has 0 unspecified atom stereocenters. The van der Waals surface area contributed by atoms with Crippen LogP contribution in [0.15, 0.2) is 53.8 Å². The van der Waals surface area contributed by atoms with Crippen molar-refractivity contribution in [2.45, 2.75) is 38.3 Å². The second-order valence-electron chi connectivity index (χ2n) is 8.63. The van der Waals surface area contributed by atoms with Crippen LogP contribution < -0.4 is 5.32 Å². The zero-order chi connectivity index (χ0) is 25.7. The van der Waals surface area contributed by atoms with E-state index in [1.165, 1.54) is 12.1 Å². The van der Waals surface area contributed by atoms with E-state index in [0.29, 0.717) is 30.0 Å². The number of rotatable bonds is 10. The van der Waals surface area contributed by atoms with Crippen LogP contribution in [0.4, 0.5) is 13.2 Å². The molecule has 0 radical (unpaired) electrons. The van der Waals surface area contributed by atoms with E-state index in [1.807, 2.05) is 6.20 Å². The van der Waals surface area contributed by atoms with Gasteiger partial charge in [-0.05, 0) is 60.8 Å². The second-order valence-corrected chi connectivity index (χ2v) is 8.63. The Morgan fingerprint density at radius 2 is 1.78 bits per heavy atom. The summed E-state index contributed by atoms with van der Waals surface area (Å²) in [4.78, 5) is 15.5. The van der Waals surface area contributed by atoms with Crippen LogP contribution in [0.5, 0.6) is 0 Å². The molecule has 2 aromatic heterocycles. The number of hydrogen-bond donors (Lipinski definition) is 1. The number of azide groups is 1. The molecule has 0 aliphatic heterocycles. The van der Waals surface area contributed by atoms with E-state index in [-0.39, 0.29) is 5.91 Å². The minimum Gasteiger partial charge on any atom is -0.352 e. The van der Waals surface area contributed by atoms with Gasteiger partial charge in [0.25, 0.3) is 5.91 Å². The van der Waals surface area contributed by atoms with Crippen molar-refractivity contribution in [1.29, 1.82) is 0 Å². The van der Waals surface area contributed by atoms with Crippen LogP contribution in [0.3, 0.4) is 0 Å². The highest BCUT2D eigenvalue weighted by atomic mass is 19.4. The molecule has 0 saturated carbocycles. The molecule has 2 heterocycles. The summed E-state index contributed by atoms with van der Waals surface area (Å²) in [7, 11) is 1.77. The highest BCUT2D eigenvalue weighted by Gasteiger charge is 2.30. The molecule has 2 aromatic carbocycles. The summed E-state index contributed by atoms with van der Waals surface area (Å²) in [6.07, 6.45) is 2.12. The van der Waals surface area contributed by atoms with Crippen molar-refractivity contribution in [3.8, 4) is 5.69 Å². The van der Waals surface area contributed by atoms with Crippen molar-refractivity contribution in [2.24, 2.45) is 12.2 Å². The molecule has 188 valence electrons. The van der Waals surface area contributed by atoms with Crippen molar-refractivity contribution in [3.63, 3.8) is 0 Å². The number of hydrogen-bond acceptors (Lipinski definition) is 3. The number of carbonyl (C=O) groups excluding carboxylic acids is 1. The Morgan fingerprint density at radius 3 is 2.50 bits per heavy atom. The third-order valence-corrected chi connectivity index (χ3v) is 6.05. The van der Waals surface area contributed by atoms with Crippen LogP contribution in [0, 0.1) is 0 Å². The predicted molar refractivity (Wildman–Crippen MR) is 132 cm³/mol. The summed E-state index contributed by atoms with van der Waals surface area (Å²) in [5.41, 5.74) is 9.96. The first-order valence-corrected chi connectivity index (χ1v) is 11.7. The topological polar surface area (TPSA) is 101 Å². The predicted octanol–water partition coefficient (Wildman–Crippen LogP) is 6.53. The van der Waals surface area contributed by atoms with E-state index in [9.17, 15) is 18.0 Å². The van der Waals surface area contributed by atoms with E-state index in [1.54, 1.807) is 34.5 Å². The average Bonchev–Trinajstić information content (AvgIpc) is 3.36. The van der Waals surface area contributed by atoms with Crippen LogP contribution in [-0.2, 0) is 13.2 Å². The highest BCUT2D eigenvalue weighted by molar-refractivity contribution is 6.10. The van der Waals surface area contributed by atoms with E-state index in [0.717, 1.165) is 60.5 Å². The zero-order valence-electron chi connectivity index (χ0n) is 19.8. The fraction of sp³-hybridized carbons (Fsp3) is 0.360. The number of fused-ring (bicyclic) bond motifs is 3. The molecule has 36 heavy (non-hydrogen) atoms. The second kappa shape index (κ2) is 10.7. The molecule has 1 amide bonds. The number of aromatic nitrogens is 3. The Kier molecular flexibility index (Phi) is 7.49. The minimum atomic E-state index is -4.41. The molecule has 1 N–H and O–H groups in total. The maximum absolute atomic E-state index is 13.0. The van der Waals surface area contributed by atoms with Crippen molar-refractivity contribution in [1.82, 2.24) is 19.7 Å². The lowest BCUT2D eigenvalue weighted by Crippen LogP contribution is -2.24. The molecular weight excluding hydrogens is 471 g/mol. The lowest BCUT2D eigenvalue weighted by molar-refractivity contribution is -0.137. The number of nitrogens with one attached hydrogen (secondary N) is 1. The molecule has 4 rings (SSSR count). The third kappa shape index (κ3) is 5.46. The van der Waals surface area contributed by atoms with E-state index >= 15 is 0 Å². The van der Waals surface area contributed by atoms with Crippen LogP contribution >= 0.6 is 0 Å². The van der Waals surface area contributed by atoms with E-state index in [2.05, 4.69) is 20.4 Å². The number of benzene rings is 2. The van der Waals surface area contributed by atoms with Gasteiger partial charge in [0.05, 0.1) is 11.1 Å². The van der Waals surface area contributed by atoms with Gasteiger partial charge in [-0.25, -0.2) is 0 Å². The number of carbonyl (C=O) groups is 1. The molecule has 0 aliphatic rings. The van der Waals surface area contributed by atoms with E-state index in [4.69, 9.17) is 5.53 Å². The van der Waals surface area contributed by atoms with Gasteiger partial charge in [-0.2, -0.15) is 18.3 Å². The van der Waals surface area contributed by atoms with Crippen LogP contribution in [-0.4, -0.2) is 33.3 Å². The first kappa shape index (κ1) is 25.1. The van der Waals surface area contributed by atoms with Crippen molar-refractivity contribution in [2.75, 3.05) is 13.1 Å². The molecular formula is C25H26F3N7O. The third-order valence-electron chi connectivity index (χ3n) is 6.05. The fourth-order valence-corrected chi connectivity index (χ4v) is 4.28. The molecule has 0 bridgehead atoms. The summed E-state index contributed by atoms with van der Waals surface area (Å²) < 4.78 is 42.5.